The molecule has 0 spiro atoms. The zero-order valence-corrected chi connectivity index (χ0v) is 13.7. The van der Waals surface area contributed by atoms with E-state index in [0.29, 0.717) is 34.3 Å². The van der Waals surface area contributed by atoms with Crippen molar-refractivity contribution in [3.8, 4) is 5.75 Å². The highest BCUT2D eigenvalue weighted by molar-refractivity contribution is 9.10. The van der Waals surface area contributed by atoms with Gasteiger partial charge in [-0.1, -0.05) is 27.5 Å². The molecule has 0 aliphatic carbocycles. The van der Waals surface area contributed by atoms with Gasteiger partial charge in [0.25, 0.3) is 5.91 Å². The third-order valence-corrected chi connectivity index (χ3v) is 3.48. The minimum atomic E-state index is -0.316. The molecule has 0 heterocycles. The van der Waals surface area contributed by atoms with Gasteiger partial charge in [-0.3, -0.25) is 4.79 Å². The van der Waals surface area contributed by atoms with Crippen LogP contribution in [0.25, 0.3) is 0 Å². The number of nitrogens with two attached hydrogens (primary N) is 1. The van der Waals surface area contributed by atoms with Crippen LogP contribution in [0.1, 0.15) is 17.3 Å². The molecule has 0 unspecified atom stereocenters. The van der Waals surface area contributed by atoms with Crippen molar-refractivity contribution in [2.75, 3.05) is 17.7 Å². The number of benzene rings is 2. The molecular weight excluding hydrogens is 356 g/mol. The van der Waals surface area contributed by atoms with Crippen LogP contribution in [0, 0.1) is 0 Å². The molecule has 0 aliphatic rings. The van der Waals surface area contributed by atoms with Crippen molar-refractivity contribution in [2.24, 2.45) is 0 Å². The van der Waals surface area contributed by atoms with Crippen molar-refractivity contribution in [3.05, 3.63) is 51.5 Å². The largest absolute Gasteiger partial charge is 0.492 e. The smallest absolute Gasteiger partial charge is 0.257 e. The Morgan fingerprint density at radius 1 is 1.33 bits per heavy atom. The van der Waals surface area contributed by atoms with Gasteiger partial charge in [0.15, 0.2) is 0 Å². The lowest BCUT2D eigenvalue weighted by molar-refractivity contribution is 0.102. The Morgan fingerprint density at radius 3 is 2.76 bits per heavy atom. The predicted octanol–water partition coefficient (Wildman–Crippen LogP) is 4.34. The number of hydrogen-bond acceptors (Lipinski definition) is 3. The molecule has 4 nitrogen and oxygen atoms in total. The van der Waals surface area contributed by atoms with Crippen LogP contribution in [0.2, 0.25) is 5.02 Å². The molecule has 0 atom stereocenters. The Kier molecular flexibility index (Phi) is 5.09. The highest BCUT2D eigenvalue weighted by Gasteiger charge is 2.13. The second-order valence-corrected chi connectivity index (χ2v) is 5.61. The van der Waals surface area contributed by atoms with Crippen LogP contribution < -0.4 is 15.8 Å². The van der Waals surface area contributed by atoms with Crippen LogP contribution in [0.4, 0.5) is 11.4 Å². The average Bonchev–Trinajstić information content (AvgIpc) is 2.41. The van der Waals surface area contributed by atoms with Crippen LogP contribution in [-0.2, 0) is 0 Å². The number of ether oxygens (including phenoxy) is 1. The number of amides is 1. The monoisotopic (exact) mass is 368 g/mol. The van der Waals surface area contributed by atoms with Gasteiger partial charge in [-0.05, 0) is 43.3 Å². The highest BCUT2D eigenvalue weighted by atomic mass is 79.9. The summed E-state index contributed by atoms with van der Waals surface area (Å²) in [4.78, 5) is 12.3. The lowest BCUT2D eigenvalue weighted by atomic mass is 10.1. The van der Waals surface area contributed by atoms with Crippen LogP contribution in [-0.4, -0.2) is 12.5 Å². The first-order valence-corrected chi connectivity index (χ1v) is 7.47. The molecule has 2 aromatic carbocycles. The number of anilines is 2. The number of nitrogens with one attached hydrogen (secondary N) is 1. The summed E-state index contributed by atoms with van der Waals surface area (Å²) in [5.74, 6) is 0.245. The number of carbonyl (C=O) groups is 1. The van der Waals surface area contributed by atoms with Crippen LogP contribution in [0.15, 0.2) is 40.9 Å². The van der Waals surface area contributed by atoms with E-state index in [1.807, 2.05) is 6.92 Å². The SMILES string of the molecule is CCOc1ccc(Cl)cc1NC(=O)c1ccc(Br)cc1N. The molecule has 0 aromatic heterocycles. The second kappa shape index (κ2) is 6.83. The minimum absolute atomic E-state index is 0.316. The number of hydrogen-bond donors (Lipinski definition) is 2. The standard InChI is InChI=1S/C15H14BrClN2O2/c1-2-21-14-6-4-10(17)8-13(14)19-15(20)11-5-3-9(16)7-12(11)18/h3-8H,2,18H2,1H3,(H,19,20). The molecule has 3 N–H and O–H groups in total. The van der Waals surface area contributed by atoms with E-state index in [1.165, 1.54) is 0 Å². The first-order valence-electron chi connectivity index (χ1n) is 6.30. The molecular formula is C15H14BrClN2O2. The molecule has 0 fully saturated rings. The average molecular weight is 370 g/mol. The summed E-state index contributed by atoms with van der Waals surface area (Å²) in [6.45, 7) is 2.36. The van der Waals surface area contributed by atoms with Crippen LogP contribution >= 0.6 is 27.5 Å². The molecule has 1 amide bonds. The Balaban J connectivity index is 2.28. The zero-order valence-electron chi connectivity index (χ0n) is 11.3. The van der Waals surface area contributed by atoms with Crippen molar-refractivity contribution in [1.29, 1.82) is 0 Å². The van der Waals surface area contributed by atoms with E-state index in [1.54, 1.807) is 36.4 Å². The summed E-state index contributed by atoms with van der Waals surface area (Å²) in [7, 11) is 0. The molecule has 2 aromatic rings. The minimum Gasteiger partial charge on any atom is -0.492 e. The second-order valence-electron chi connectivity index (χ2n) is 4.26. The Hall–Kier alpha value is -1.72. The first-order chi connectivity index (χ1) is 10.0. The Bertz CT molecular complexity index is 677. The molecule has 0 bridgehead atoms. The Labute approximate surface area is 136 Å². The van der Waals surface area contributed by atoms with Gasteiger partial charge in [0.05, 0.1) is 17.9 Å². The molecule has 0 saturated carbocycles. The van der Waals surface area contributed by atoms with Crippen molar-refractivity contribution < 1.29 is 9.53 Å². The summed E-state index contributed by atoms with van der Waals surface area (Å²) in [5.41, 5.74) is 7.15. The van der Waals surface area contributed by atoms with Gasteiger partial charge in [0.2, 0.25) is 0 Å². The van der Waals surface area contributed by atoms with Gasteiger partial charge in [-0.25, -0.2) is 0 Å². The number of halogens is 2. The summed E-state index contributed by atoms with van der Waals surface area (Å²) < 4.78 is 6.28. The van der Waals surface area contributed by atoms with Gasteiger partial charge in [-0.2, -0.15) is 0 Å². The third kappa shape index (κ3) is 3.89. The molecule has 21 heavy (non-hydrogen) atoms. The number of rotatable bonds is 4. The maximum Gasteiger partial charge on any atom is 0.257 e. The van der Waals surface area contributed by atoms with E-state index in [0.717, 1.165) is 4.47 Å². The quantitative estimate of drug-likeness (QED) is 0.788. The summed E-state index contributed by atoms with van der Waals surface area (Å²) in [5, 5.41) is 3.28. The molecule has 0 radical (unpaired) electrons. The maximum absolute atomic E-state index is 12.3. The molecule has 110 valence electrons. The highest BCUT2D eigenvalue weighted by Crippen LogP contribution is 2.29. The fourth-order valence-corrected chi connectivity index (χ4v) is 2.36. The lowest BCUT2D eigenvalue weighted by Gasteiger charge is -2.13. The van der Waals surface area contributed by atoms with Gasteiger partial charge in [0.1, 0.15) is 5.75 Å². The molecule has 0 aliphatic heterocycles. The fraction of sp³-hybridized carbons (Fsp3) is 0.133. The zero-order chi connectivity index (χ0) is 15.4. The van der Waals surface area contributed by atoms with Crippen molar-refractivity contribution in [3.63, 3.8) is 0 Å². The van der Waals surface area contributed by atoms with E-state index in [-0.39, 0.29) is 5.91 Å². The van der Waals surface area contributed by atoms with E-state index < -0.39 is 0 Å². The van der Waals surface area contributed by atoms with Crippen molar-refractivity contribution >= 4 is 44.8 Å². The lowest BCUT2D eigenvalue weighted by Crippen LogP contribution is -2.15. The van der Waals surface area contributed by atoms with Gasteiger partial charge < -0.3 is 15.8 Å². The van der Waals surface area contributed by atoms with Crippen molar-refractivity contribution in [1.82, 2.24) is 0 Å². The molecule has 2 rings (SSSR count). The predicted molar refractivity (Wildman–Crippen MR) is 89.1 cm³/mol. The van der Waals surface area contributed by atoms with E-state index >= 15 is 0 Å². The van der Waals surface area contributed by atoms with Gasteiger partial charge in [0, 0.05) is 15.2 Å². The third-order valence-electron chi connectivity index (χ3n) is 2.75. The summed E-state index contributed by atoms with van der Waals surface area (Å²) in [6, 6.07) is 10.1. The fourth-order valence-electron chi connectivity index (χ4n) is 1.81. The summed E-state index contributed by atoms with van der Waals surface area (Å²) >= 11 is 9.27. The van der Waals surface area contributed by atoms with Gasteiger partial charge >= 0.3 is 0 Å². The van der Waals surface area contributed by atoms with Crippen molar-refractivity contribution in [2.45, 2.75) is 6.92 Å². The first kappa shape index (κ1) is 15.7. The molecule has 6 heteroatoms. The number of nitrogen functional groups attached to an aromatic ring is 1. The van der Waals surface area contributed by atoms with Crippen LogP contribution in [0.3, 0.4) is 0 Å². The van der Waals surface area contributed by atoms with Crippen LogP contribution in [0.5, 0.6) is 5.75 Å². The maximum atomic E-state index is 12.3. The Morgan fingerprint density at radius 2 is 2.10 bits per heavy atom. The molecule has 0 saturated heterocycles. The van der Waals surface area contributed by atoms with E-state index in [9.17, 15) is 4.79 Å². The summed E-state index contributed by atoms with van der Waals surface area (Å²) in [6.07, 6.45) is 0. The van der Waals surface area contributed by atoms with Gasteiger partial charge in [-0.15, -0.1) is 0 Å². The number of carbonyl (C=O) groups excluding carboxylic acids is 1. The topological polar surface area (TPSA) is 64.3 Å². The van der Waals surface area contributed by atoms with E-state index in [2.05, 4.69) is 21.2 Å². The normalized spacial score (nSPS) is 10.2. The van der Waals surface area contributed by atoms with E-state index in [4.69, 9.17) is 22.1 Å².